The molecular formula is C15H24N4O2. The van der Waals surface area contributed by atoms with Gasteiger partial charge in [-0.1, -0.05) is 13.0 Å². The second-order valence-corrected chi connectivity index (χ2v) is 6.05. The molecule has 2 heterocycles. The van der Waals surface area contributed by atoms with E-state index in [0.717, 1.165) is 19.5 Å². The Kier molecular flexibility index (Phi) is 4.67. The summed E-state index contributed by atoms with van der Waals surface area (Å²) in [7, 11) is 5.38. The molecule has 1 unspecified atom stereocenters. The summed E-state index contributed by atoms with van der Waals surface area (Å²) in [4.78, 5) is 20.3. The van der Waals surface area contributed by atoms with E-state index in [4.69, 9.17) is 4.74 Å². The molecule has 6 nitrogen and oxygen atoms in total. The number of anilines is 1. The third-order valence-corrected chi connectivity index (χ3v) is 3.98. The summed E-state index contributed by atoms with van der Waals surface area (Å²) in [5.74, 6) is 1.07. The number of hydrogen-bond donors (Lipinski definition) is 1. The molecule has 21 heavy (non-hydrogen) atoms. The molecule has 116 valence electrons. The Balaban J connectivity index is 1.93. The zero-order chi connectivity index (χ0) is 15.5. The number of carbonyl (C=O) groups excluding carboxylic acids is 1. The van der Waals surface area contributed by atoms with E-state index in [1.54, 1.807) is 26.3 Å². The number of urea groups is 1. The van der Waals surface area contributed by atoms with Gasteiger partial charge in [-0.05, 0) is 31.5 Å². The molecule has 0 spiro atoms. The third-order valence-electron chi connectivity index (χ3n) is 3.98. The molecule has 1 fully saturated rings. The van der Waals surface area contributed by atoms with E-state index in [0.29, 0.717) is 18.2 Å². The average molecular weight is 292 g/mol. The molecule has 0 aromatic carbocycles. The number of carbonyl (C=O) groups is 1. The lowest BCUT2D eigenvalue weighted by Crippen LogP contribution is -2.43. The van der Waals surface area contributed by atoms with Crippen molar-refractivity contribution in [1.82, 2.24) is 15.2 Å². The number of hydrogen-bond acceptors (Lipinski definition) is 4. The van der Waals surface area contributed by atoms with E-state index in [-0.39, 0.29) is 11.4 Å². The van der Waals surface area contributed by atoms with E-state index in [2.05, 4.69) is 29.2 Å². The molecule has 0 saturated carbocycles. The molecule has 0 bridgehead atoms. The number of pyridine rings is 1. The van der Waals surface area contributed by atoms with Crippen LogP contribution in [-0.2, 0) is 0 Å². The van der Waals surface area contributed by atoms with Gasteiger partial charge in [0, 0.05) is 26.2 Å². The smallest absolute Gasteiger partial charge is 0.322 e. The Morgan fingerprint density at radius 3 is 2.95 bits per heavy atom. The Morgan fingerprint density at radius 2 is 2.33 bits per heavy atom. The number of methoxy groups -OCH3 is 1. The van der Waals surface area contributed by atoms with Gasteiger partial charge in [0.05, 0.1) is 7.11 Å². The van der Waals surface area contributed by atoms with Gasteiger partial charge in [-0.3, -0.25) is 4.90 Å². The third kappa shape index (κ3) is 3.85. The Morgan fingerprint density at radius 1 is 1.57 bits per heavy atom. The predicted octanol–water partition coefficient (Wildman–Crippen LogP) is 1.58. The number of ether oxygens (including phenoxy) is 1. The van der Waals surface area contributed by atoms with Gasteiger partial charge in [0.2, 0.25) is 5.88 Å². The molecule has 6 heteroatoms. The van der Waals surface area contributed by atoms with Gasteiger partial charge in [0.1, 0.15) is 5.82 Å². The van der Waals surface area contributed by atoms with E-state index in [1.165, 1.54) is 4.90 Å². The highest BCUT2D eigenvalue weighted by molar-refractivity contribution is 5.90. The lowest BCUT2D eigenvalue weighted by molar-refractivity contribution is 0.237. The molecule has 1 N–H and O–H groups in total. The fraction of sp³-hybridized carbons (Fsp3) is 0.600. The zero-order valence-electron chi connectivity index (χ0n) is 13.2. The first-order valence-electron chi connectivity index (χ1n) is 7.15. The van der Waals surface area contributed by atoms with Crippen molar-refractivity contribution in [1.29, 1.82) is 0 Å². The van der Waals surface area contributed by atoms with Crippen LogP contribution in [0.2, 0.25) is 0 Å². The van der Waals surface area contributed by atoms with Gasteiger partial charge in [-0.25, -0.2) is 4.79 Å². The quantitative estimate of drug-likeness (QED) is 0.915. The number of rotatable bonds is 4. The van der Waals surface area contributed by atoms with Gasteiger partial charge in [0.15, 0.2) is 0 Å². The summed E-state index contributed by atoms with van der Waals surface area (Å²) in [6, 6.07) is 5.21. The summed E-state index contributed by atoms with van der Waals surface area (Å²) in [6.07, 6.45) is 1.10. The average Bonchev–Trinajstić information content (AvgIpc) is 2.84. The lowest BCUT2D eigenvalue weighted by atomic mass is 9.90. The predicted molar refractivity (Wildman–Crippen MR) is 82.8 cm³/mol. The maximum absolute atomic E-state index is 12.2. The zero-order valence-corrected chi connectivity index (χ0v) is 13.2. The van der Waals surface area contributed by atoms with Crippen molar-refractivity contribution in [2.75, 3.05) is 45.7 Å². The molecule has 1 atom stereocenters. The van der Waals surface area contributed by atoms with Crippen molar-refractivity contribution in [3.8, 4) is 5.88 Å². The fourth-order valence-electron chi connectivity index (χ4n) is 2.63. The SMILES string of the molecule is COc1cccc(N(C)C(=O)NCC2(C)CCN(C)C2)n1. The molecule has 2 amide bonds. The molecule has 1 aliphatic rings. The van der Waals surface area contributed by atoms with Gasteiger partial charge >= 0.3 is 6.03 Å². The van der Waals surface area contributed by atoms with E-state index in [9.17, 15) is 4.79 Å². The standard InChI is InChI=1S/C15H24N4O2/c1-15(8-9-18(2)11-15)10-16-14(20)19(3)12-6-5-7-13(17-12)21-4/h5-7H,8-11H2,1-4H3,(H,16,20). The van der Waals surface area contributed by atoms with E-state index >= 15 is 0 Å². The molecule has 1 aromatic rings. The number of amides is 2. The van der Waals surface area contributed by atoms with Crippen molar-refractivity contribution in [3.05, 3.63) is 18.2 Å². The molecule has 1 saturated heterocycles. The number of nitrogens with one attached hydrogen (secondary N) is 1. The number of aromatic nitrogens is 1. The largest absolute Gasteiger partial charge is 0.481 e. The Labute approximate surface area is 126 Å². The minimum Gasteiger partial charge on any atom is -0.481 e. The molecular weight excluding hydrogens is 268 g/mol. The maximum Gasteiger partial charge on any atom is 0.322 e. The van der Waals surface area contributed by atoms with Crippen LogP contribution in [0.4, 0.5) is 10.6 Å². The monoisotopic (exact) mass is 292 g/mol. The first kappa shape index (κ1) is 15.6. The molecule has 0 aliphatic carbocycles. The highest BCUT2D eigenvalue weighted by Gasteiger charge is 2.32. The molecule has 1 aromatic heterocycles. The molecule has 1 aliphatic heterocycles. The normalized spacial score (nSPS) is 22.1. The highest BCUT2D eigenvalue weighted by atomic mass is 16.5. The maximum atomic E-state index is 12.2. The van der Waals surface area contributed by atoms with Crippen LogP contribution >= 0.6 is 0 Å². The van der Waals surface area contributed by atoms with Crippen molar-refractivity contribution in [3.63, 3.8) is 0 Å². The summed E-state index contributed by atoms with van der Waals surface area (Å²) in [5.41, 5.74) is 0.146. The van der Waals surface area contributed by atoms with Crippen LogP contribution in [0.5, 0.6) is 5.88 Å². The van der Waals surface area contributed by atoms with Crippen molar-refractivity contribution < 1.29 is 9.53 Å². The highest BCUT2D eigenvalue weighted by Crippen LogP contribution is 2.28. The topological polar surface area (TPSA) is 57.7 Å². The van der Waals surface area contributed by atoms with Crippen LogP contribution in [0, 0.1) is 5.41 Å². The van der Waals surface area contributed by atoms with Crippen molar-refractivity contribution in [2.45, 2.75) is 13.3 Å². The molecule has 0 radical (unpaired) electrons. The summed E-state index contributed by atoms with van der Waals surface area (Å²) in [5, 5.41) is 3.00. The van der Waals surface area contributed by atoms with Gasteiger partial charge in [-0.2, -0.15) is 4.98 Å². The van der Waals surface area contributed by atoms with Crippen molar-refractivity contribution >= 4 is 11.8 Å². The van der Waals surface area contributed by atoms with Crippen molar-refractivity contribution in [2.24, 2.45) is 5.41 Å². The second-order valence-electron chi connectivity index (χ2n) is 6.05. The van der Waals surface area contributed by atoms with Crippen LogP contribution in [0.3, 0.4) is 0 Å². The van der Waals surface area contributed by atoms with Crippen LogP contribution in [0.1, 0.15) is 13.3 Å². The molecule has 2 rings (SSSR count). The minimum atomic E-state index is -0.147. The minimum absolute atomic E-state index is 0.146. The van der Waals surface area contributed by atoms with E-state index in [1.807, 2.05) is 6.07 Å². The second kappa shape index (κ2) is 6.30. The summed E-state index contributed by atoms with van der Waals surface area (Å²) < 4.78 is 5.08. The first-order chi connectivity index (χ1) is 9.93. The van der Waals surface area contributed by atoms with Gasteiger partial charge in [-0.15, -0.1) is 0 Å². The summed E-state index contributed by atoms with van der Waals surface area (Å²) in [6.45, 7) is 4.97. The van der Waals surface area contributed by atoms with Gasteiger partial charge < -0.3 is 15.0 Å². The first-order valence-corrected chi connectivity index (χ1v) is 7.15. The lowest BCUT2D eigenvalue weighted by Gasteiger charge is -2.26. The fourth-order valence-corrected chi connectivity index (χ4v) is 2.63. The van der Waals surface area contributed by atoms with E-state index < -0.39 is 0 Å². The number of likely N-dealkylation sites (tertiary alicyclic amines) is 1. The Hall–Kier alpha value is -1.82. The van der Waals surface area contributed by atoms with Crippen LogP contribution in [-0.4, -0.2) is 56.8 Å². The number of nitrogens with zero attached hydrogens (tertiary/aromatic N) is 3. The van der Waals surface area contributed by atoms with Crippen LogP contribution in [0.25, 0.3) is 0 Å². The van der Waals surface area contributed by atoms with Crippen LogP contribution in [0.15, 0.2) is 18.2 Å². The summed E-state index contributed by atoms with van der Waals surface area (Å²) >= 11 is 0. The van der Waals surface area contributed by atoms with Crippen LogP contribution < -0.4 is 15.0 Å². The Bertz CT molecular complexity index is 508. The van der Waals surface area contributed by atoms with Gasteiger partial charge in [0.25, 0.3) is 0 Å².